The van der Waals surface area contributed by atoms with Gasteiger partial charge >= 0.3 is 7.12 Å². The van der Waals surface area contributed by atoms with E-state index in [0.29, 0.717) is 11.7 Å². The van der Waals surface area contributed by atoms with E-state index in [1.165, 1.54) is 0 Å². The highest BCUT2D eigenvalue weighted by Crippen LogP contribution is 2.45. The molecule has 4 rings (SSSR count). The van der Waals surface area contributed by atoms with E-state index in [2.05, 4.69) is 9.97 Å². The molecule has 0 radical (unpaired) electrons. The number of rotatable bonds is 1. The molecule has 0 atom stereocenters. The van der Waals surface area contributed by atoms with Crippen LogP contribution in [-0.2, 0) is 0 Å². The molecule has 2 aromatic heterocycles. The second-order valence-electron chi connectivity index (χ2n) is 5.30. The van der Waals surface area contributed by atoms with E-state index in [1.54, 1.807) is 12.2 Å². The molecule has 2 aliphatic rings. The van der Waals surface area contributed by atoms with Crippen molar-refractivity contribution in [3.63, 3.8) is 0 Å². The van der Waals surface area contributed by atoms with E-state index >= 15 is 0 Å². The van der Waals surface area contributed by atoms with Crippen molar-refractivity contribution >= 4 is 23.7 Å². The van der Waals surface area contributed by atoms with E-state index in [9.17, 15) is 5.02 Å². The number of nitrogens with two attached hydrogens (primary N) is 1. The Hall–Kier alpha value is -1.79. The molecule has 4 N–H and O–H groups in total. The Bertz CT molecular complexity index is 676. The quantitative estimate of drug-likeness (QED) is 0.666. The molecule has 0 amide bonds. The lowest BCUT2D eigenvalue weighted by Crippen LogP contribution is -2.38. The summed E-state index contributed by atoms with van der Waals surface area (Å²) in [6, 6.07) is 2.27. The molecule has 1 aliphatic heterocycles. The summed E-state index contributed by atoms with van der Waals surface area (Å²) in [6.45, 7) is 0. The summed E-state index contributed by atoms with van der Waals surface area (Å²) in [5.74, 6) is 2.86. The normalized spacial score (nSPS) is 25.6. The second-order valence-corrected chi connectivity index (χ2v) is 5.30. The van der Waals surface area contributed by atoms with Crippen molar-refractivity contribution < 1.29 is 9.68 Å². The number of allylic oxidation sites excluding steroid dienone is 1. The number of H-pyrrole nitrogens is 1. The van der Waals surface area contributed by atoms with E-state index in [1.807, 2.05) is 12.3 Å². The average molecular weight is 255 g/mol. The van der Waals surface area contributed by atoms with E-state index < -0.39 is 7.12 Å². The molecule has 1 fully saturated rings. The van der Waals surface area contributed by atoms with Gasteiger partial charge in [-0.25, -0.2) is 4.98 Å². The number of aromatic nitrogens is 2. The van der Waals surface area contributed by atoms with Crippen LogP contribution in [0.25, 0.3) is 16.6 Å². The van der Waals surface area contributed by atoms with Crippen LogP contribution in [0, 0.1) is 5.92 Å². The van der Waals surface area contributed by atoms with Gasteiger partial charge in [-0.15, -0.1) is 0 Å². The predicted molar refractivity (Wildman–Crippen MR) is 73.4 cm³/mol. The fourth-order valence-corrected chi connectivity index (χ4v) is 3.03. The molecule has 6 heteroatoms. The van der Waals surface area contributed by atoms with Crippen LogP contribution < -0.4 is 10.4 Å². The van der Waals surface area contributed by atoms with Crippen molar-refractivity contribution in [2.45, 2.75) is 18.9 Å². The van der Waals surface area contributed by atoms with Crippen LogP contribution in [0.5, 0.6) is 5.75 Å². The second kappa shape index (κ2) is 3.85. The fourth-order valence-electron chi connectivity index (χ4n) is 3.03. The third-order valence-corrected chi connectivity index (χ3v) is 4.02. The van der Waals surface area contributed by atoms with Gasteiger partial charge in [-0.2, -0.15) is 0 Å². The molecule has 1 aliphatic carbocycles. The average Bonchev–Trinajstić information content (AvgIpc) is 2.82. The molecule has 5 nitrogen and oxygen atoms in total. The zero-order chi connectivity index (χ0) is 13.0. The van der Waals surface area contributed by atoms with Gasteiger partial charge in [0.25, 0.3) is 0 Å². The first-order chi connectivity index (χ1) is 9.22. The van der Waals surface area contributed by atoms with Crippen molar-refractivity contribution in [1.82, 2.24) is 9.97 Å². The lowest BCUT2D eigenvalue weighted by atomic mass is 9.68. The monoisotopic (exact) mass is 255 g/mol. The molecule has 0 saturated heterocycles. The third kappa shape index (κ3) is 1.60. The van der Waals surface area contributed by atoms with Crippen molar-refractivity contribution in [2.75, 3.05) is 0 Å². The first kappa shape index (κ1) is 11.1. The van der Waals surface area contributed by atoms with Crippen LogP contribution >= 0.6 is 0 Å². The van der Waals surface area contributed by atoms with Crippen molar-refractivity contribution in [3.05, 3.63) is 30.0 Å². The summed E-state index contributed by atoms with van der Waals surface area (Å²) in [7, 11) is -0.891. The SMILES string of the molecule is N[C@H]1C[C@@H](C2=CB(O)Oc3cnc4[nH]ccc4c32)C1. The Kier molecular flexibility index (Phi) is 2.25. The number of aromatic amines is 1. The van der Waals surface area contributed by atoms with Crippen LogP contribution in [0.3, 0.4) is 0 Å². The van der Waals surface area contributed by atoms with Crippen LogP contribution in [0.4, 0.5) is 0 Å². The fraction of sp³-hybridized carbons (Fsp3) is 0.308. The van der Waals surface area contributed by atoms with Crippen LogP contribution in [0.2, 0.25) is 0 Å². The summed E-state index contributed by atoms with van der Waals surface area (Å²) in [4.78, 5) is 7.40. The zero-order valence-electron chi connectivity index (χ0n) is 10.3. The highest BCUT2D eigenvalue weighted by atomic mass is 16.5. The predicted octanol–water partition coefficient (Wildman–Crippen LogP) is 1.10. The Morgan fingerprint density at radius 3 is 3.11 bits per heavy atom. The zero-order valence-corrected chi connectivity index (χ0v) is 10.3. The van der Waals surface area contributed by atoms with Gasteiger partial charge in [-0.1, -0.05) is 0 Å². The Balaban J connectivity index is 1.89. The lowest BCUT2D eigenvalue weighted by Gasteiger charge is -2.36. The number of fused-ring (bicyclic) bond motifs is 3. The third-order valence-electron chi connectivity index (χ3n) is 4.02. The van der Waals surface area contributed by atoms with E-state index in [4.69, 9.17) is 10.4 Å². The Labute approximate surface area is 110 Å². The van der Waals surface area contributed by atoms with Gasteiger partial charge in [0.2, 0.25) is 0 Å². The maximum Gasteiger partial charge on any atom is 0.552 e. The van der Waals surface area contributed by atoms with Crippen molar-refractivity contribution in [3.8, 4) is 5.75 Å². The smallest absolute Gasteiger partial charge is 0.531 e. The van der Waals surface area contributed by atoms with E-state index in [0.717, 1.165) is 35.0 Å². The van der Waals surface area contributed by atoms with Crippen molar-refractivity contribution in [2.24, 2.45) is 11.7 Å². The van der Waals surface area contributed by atoms with Crippen LogP contribution in [-0.4, -0.2) is 28.2 Å². The largest absolute Gasteiger partial charge is 0.552 e. The summed E-state index contributed by atoms with van der Waals surface area (Å²) >= 11 is 0. The summed E-state index contributed by atoms with van der Waals surface area (Å²) < 4.78 is 5.46. The maximum absolute atomic E-state index is 9.82. The summed E-state index contributed by atoms with van der Waals surface area (Å²) in [5, 5.41) is 10.9. The minimum Gasteiger partial charge on any atom is -0.531 e. The molecule has 2 aromatic rings. The van der Waals surface area contributed by atoms with Crippen molar-refractivity contribution in [1.29, 1.82) is 0 Å². The molecular weight excluding hydrogens is 241 g/mol. The number of pyridine rings is 1. The number of hydrogen-bond acceptors (Lipinski definition) is 4. The first-order valence-electron chi connectivity index (χ1n) is 6.51. The van der Waals surface area contributed by atoms with E-state index in [-0.39, 0.29) is 6.04 Å². The standard InChI is InChI=1S/C13H14BN3O2/c15-8-3-7(4-8)10-5-14(18)19-11-6-17-13-9(12(10)11)1-2-16-13/h1-2,5-8,18H,3-4,15H2,(H,16,17)/t7-,8+. The van der Waals surface area contributed by atoms with Gasteiger partial charge in [0.1, 0.15) is 11.4 Å². The number of hydrogen-bond donors (Lipinski definition) is 3. The molecule has 0 unspecified atom stereocenters. The molecule has 19 heavy (non-hydrogen) atoms. The van der Waals surface area contributed by atoms with Gasteiger partial charge in [0.05, 0.1) is 6.20 Å². The van der Waals surface area contributed by atoms with Crippen LogP contribution in [0.15, 0.2) is 24.4 Å². The van der Waals surface area contributed by atoms with Gasteiger partial charge in [-0.05, 0) is 36.4 Å². The molecule has 96 valence electrons. The summed E-state index contributed by atoms with van der Waals surface area (Å²) in [6.07, 6.45) is 5.47. The molecule has 3 heterocycles. The maximum atomic E-state index is 9.82. The molecule has 1 saturated carbocycles. The summed E-state index contributed by atoms with van der Waals surface area (Å²) in [5.41, 5.74) is 8.91. The highest BCUT2D eigenvalue weighted by molar-refractivity contribution is 6.52. The van der Waals surface area contributed by atoms with Gasteiger partial charge in [-0.3, -0.25) is 0 Å². The number of nitrogens with one attached hydrogen (secondary N) is 1. The number of nitrogens with zero attached hydrogens (tertiary/aromatic N) is 1. The Morgan fingerprint density at radius 1 is 1.47 bits per heavy atom. The van der Waals surface area contributed by atoms with Crippen LogP contribution in [0.1, 0.15) is 18.4 Å². The highest BCUT2D eigenvalue weighted by Gasteiger charge is 2.36. The van der Waals surface area contributed by atoms with Gasteiger partial charge in [0, 0.05) is 23.2 Å². The molecule has 0 spiro atoms. The molecular formula is C13H14BN3O2. The first-order valence-corrected chi connectivity index (χ1v) is 6.51. The lowest BCUT2D eigenvalue weighted by molar-refractivity contribution is 0.331. The molecule has 0 bridgehead atoms. The topological polar surface area (TPSA) is 84.2 Å². The van der Waals surface area contributed by atoms with Gasteiger partial charge in [0.15, 0.2) is 0 Å². The molecule has 0 aromatic carbocycles. The minimum atomic E-state index is -0.891. The Morgan fingerprint density at radius 2 is 2.32 bits per heavy atom. The minimum absolute atomic E-state index is 0.276. The van der Waals surface area contributed by atoms with Gasteiger partial charge < -0.3 is 20.4 Å².